The molecule has 0 spiro atoms. The number of amides is 2. The highest BCUT2D eigenvalue weighted by Crippen LogP contribution is 2.07. The molecule has 31 heavy (non-hydrogen) atoms. The quantitative estimate of drug-likeness (QED) is 0.126. The van der Waals surface area contributed by atoms with Crippen molar-refractivity contribution in [2.45, 2.75) is 51.2 Å². The Balaban J connectivity index is 2.85. The molecule has 0 unspecified atom stereocenters. The zero-order valence-corrected chi connectivity index (χ0v) is 18.3. The fourth-order valence-electron chi connectivity index (χ4n) is 2.89. The lowest BCUT2D eigenvalue weighted by Crippen LogP contribution is -2.55. The first kappa shape index (κ1) is 25.9. The summed E-state index contributed by atoms with van der Waals surface area (Å²) in [5.74, 6) is -1.79. The van der Waals surface area contributed by atoms with Crippen molar-refractivity contribution >= 4 is 23.7 Å². The van der Waals surface area contributed by atoms with Gasteiger partial charge in [-0.3, -0.25) is 14.6 Å². The van der Waals surface area contributed by atoms with Crippen molar-refractivity contribution in [3.8, 4) is 0 Å². The summed E-state index contributed by atoms with van der Waals surface area (Å²) in [4.78, 5) is 41.4. The number of hydrogen-bond acceptors (Lipinski definition) is 6. The zero-order valence-electron chi connectivity index (χ0n) is 18.3. The molecule has 1 aromatic carbocycles. The Morgan fingerprint density at radius 3 is 2.26 bits per heavy atom. The fraction of sp³-hybridized carbons (Fsp3) is 0.524. The standard InChI is InChI=1S/C21H34N6O4/c1-13(2)17(20(30)31-3)27-19(29)16(10-7-11-25-21(23)24)26-18(28)15(22)12-14-8-5-4-6-9-14/h4-6,8-9,13,15-17H,7,10-12,22H2,1-3H3,(H,26,28)(H,27,29)(H4,23,24,25)/t15-,16-,17-/m1/s1. The molecule has 3 atom stereocenters. The van der Waals surface area contributed by atoms with Crippen LogP contribution in [0.3, 0.4) is 0 Å². The largest absolute Gasteiger partial charge is 0.467 e. The maximum absolute atomic E-state index is 12.9. The smallest absolute Gasteiger partial charge is 0.328 e. The summed E-state index contributed by atoms with van der Waals surface area (Å²) < 4.78 is 4.76. The van der Waals surface area contributed by atoms with Gasteiger partial charge in [0.05, 0.1) is 13.2 Å². The molecule has 172 valence electrons. The van der Waals surface area contributed by atoms with E-state index in [1.54, 1.807) is 13.8 Å². The van der Waals surface area contributed by atoms with E-state index in [0.29, 0.717) is 19.4 Å². The highest BCUT2D eigenvalue weighted by molar-refractivity contribution is 5.92. The molecule has 0 aliphatic heterocycles. The SMILES string of the molecule is COC(=O)[C@H](NC(=O)[C@@H](CCCN=C(N)N)NC(=O)[C@H](N)Cc1ccccc1)C(C)C. The van der Waals surface area contributed by atoms with Crippen LogP contribution in [0.1, 0.15) is 32.3 Å². The Morgan fingerprint density at radius 2 is 1.71 bits per heavy atom. The van der Waals surface area contributed by atoms with Gasteiger partial charge in [-0.1, -0.05) is 44.2 Å². The van der Waals surface area contributed by atoms with Gasteiger partial charge in [-0.15, -0.1) is 0 Å². The molecule has 0 saturated heterocycles. The highest BCUT2D eigenvalue weighted by Gasteiger charge is 2.30. The topological polar surface area (TPSA) is 175 Å². The van der Waals surface area contributed by atoms with E-state index in [2.05, 4.69) is 15.6 Å². The molecule has 8 N–H and O–H groups in total. The van der Waals surface area contributed by atoms with Crippen LogP contribution in [0.4, 0.5) is 0 Å². The molecule has 10 nitrogen and oxygen atoms in total. The lowest BCUT2D eigenvalue weighted by Gasteiger charge is -2.25. The van der Waals surface area contributed by atoms with Gasteiger partial charge in [0, 0.05) is 6.54 Å². The molecule has 0 heterocycles. The number of nitrogens with one attached hydrogen (secondary N) is 2. The second-order valence-electron chi connectivity index (χ2n) is 7.56. The fourth-order valence-corrected chi connectivity index (χ4v) is 2.89. The van der Waals surface area contributed by atoms with Gasteiger partial charge >= 0.3 is 5.97 Å². The summed E-state index contributed by atoms with van der Waals surface area (Å²) in [5, 5.41) is 5.34. The molecular formula is C21H34N6O4. The van der Waals surface area contributed by atoms with Crippen molar-refractivity contribution in [3.05, 3.63) is 35.9 Å². The number of rotatable bonds is 12. The normalized spacial score (nSPS) is 13.6. The number of ether oxygens (including phenoxy) is 1. The average Bonchev–Trinajstić information content (AvgIpc) is 2.73. The molecule has 0 saturated carbocycles. The van der Waals surface area contributed by atoms with Crippen molar-refractivity contribution in [1.82, 2.24) is 10.6 Å². The van der Waals surface area contributed by atoms with Crippen LogP contribution in [0.5, 0.6) is 0 Å². The van der Waals surface area contributed by atoms with Gasteiger partial charge in [0.2, 0.25) is 11.8 Å². The molecule has 10 heteroatoms. The summed E-state index contributed by atoms with van der Waals surface area (Å²) in [6, 6.07) is 6.75. The predicted molar refractivity (Wildman–Crippen MR) is 119 cm³/mol. The number of carbonyl (C=O) groups excluding carboxylic acids is 3. The lowest BCUT2D eigenvalue weighted by atomic mass is 10.0. The van der Waals surface area contributed by atoms with Crippen molar-refractivity contribution in [1.29, 1.82) is 0 Å². The average molecular weight is 435 g/mol. The number of carbonyl (C=O) groups is 3. The summed E-state index contributed by atoms with van der Waals surface area (Å²) in [5.41, 5.74) is 17.6. The number of hydrogen-bond donors (Lipinski definition) is 5. The molecule has 0 aliphatic rings. The maximum atomic E-state index is 12.9. The Hall–Kier alpha value is -3.14. The maximum Gasteiger partial charge on any atom is 0.328 e. The van der Waals surface area contributed by atoms with E-state index in [0.717, 1.165) is 5.56 Å². The summed E-state index contributed by atoms with van der Waals surface area (Å²) >= 11 is 0. The molecule has 1 aromatic rings. The van der Waals surface area contributed by atoms with Gasteiger partial charge in [-0.25, -0.2) is 4.79 Å². The van der Waals surface area contributed by atoms with Crippen LogP contribution in [0.15, 0.2) is 35.3 Å². The third-order valence-corrected chi connectivity index (χ3v) is 4.63. The minimum Gasteiger partial charge on any atom is -0.467 e. The Labute approximate surface area is 183 Å². The molecule has 0 radical (unpaired) electrons. The number of nitrogens with two attached hydrogens (primary N) is 3. The summed E-state index contributed by atoms with van der Waals surface area (Å²) in [7, 11) is 1.25. The number of benzene rings is 1. The number of esters is 1. The van der Waals surface area contributed by atoms with E-state index < -0.39 is 35.9 Å². The monoisotopic (exact) mass is 434 g/mol. The van der Waals surface area contributed by atoms with Crippen molar-refractivity contribution < 1.29 is 19.1 Å². The Morgan fingerprint density at radius 1 is 1.06 bits per heavy atom. The van der Waals surface area contributed by atoms with Gasteiger partial charge < -0.3 is 32.6 Å². The van der Waals surface area contributed by atoms with E-state index >= 15 is 0 Å². The zero-order chi connectivity index (χ0) is 23.4. The second-order valence-corrected chi connectivity index (χ2v) is 7.56. The van der Waals surface area contributed by atoms with Crippen LogP contribution in [0.2, 0.25) is 0 Å². The Kier molecular flexibility index (Phi) is 11.0. The first-order chi connectivity index (χ1) is 14.6. The Bertz CT molecular complexity index is 749. The minimum atomic E-state index is -0.908. The van der Waals surface area contributed by atoms with E-state index in [-0.39, 0.29) is 18.3 Å². The van der Waals surface area contributed by atoms with Crippen LogP contribution >= 0.6 is 0 Å². The van der Waals surface area contributed by atoms with Crippen LogP contribution < -0.4 is 27.8 Å². The van der Waals surface area contributed by atoms with Crippen LogP contribution in [0, 0.1) is 5.92 Å². The number of aliphatic imine (C=N–C) groups is 1. The second kappa shape index (κ2) is 13.2. The van der Waals surface area contributed by atoms with Crippen molar-refractivity contribution in [3.63, 3.8) is 0 Å². The van der Waals surface area contributed by atoms with Crippen LogP contribution in [0.25, 0.3) is 0 Å². The van der Waals surface area contributed by atoms with Gasteiger partial charge in [0.1, 0.15) is 12.1 Å². The first-order valence-corrected chi connectivity index (χ1v) is 10.2. The molecular weight excluding hydrogens is 400 g/mol. The van der Waals surface area contributed by atoms with Gasteiger partial charge in [-0.2, -0.15) is 0 Å². The molecule has 0 bridgehead atoms. The predicted octanol–water partition coefficient (Wildman–Crippen LogP) is -0.591. The third-order valence-electron chi connectivity index (χ3n) is 4.63. The third kappa shape index (κ3) is 9.47. The van der Waals surface area contributed by atoms with E-state index in [9.17, 15) is 14.4 Å². The summed E-state index contributed by atoms with van der Waals surface area (Å²) in [6.45, 7) is 3.86. The molecule has 0 aliphatic carbocycles. The van der Waals surface area contributed by atoms with Crippen LogP contribution in [-0.2, 0) is 25.5 Å². The van der Waals surface area contributed by atoms with E-state index in [4.69, 9.17) is 21.9 Å². The van der Waals surface area contributed by atoms with E-state index in [1.165, 1.54) is 7.11 Å². The van der Waals surface area contributed by atoms with E-state index in [1.807, 2.05) is 30.3 Å². The van der Waals surface area contributed by atoms with Crippen molar-refractivity contribution in [2.24, 2.45) is 28.1 Å². The molecule has 0 aromatic heterocycles. The van der Waals surface area contributed by atoms with Gasteiger partial charge in [0.15, 0.2) is 5.96 Å². The van der Waals surface area contributed by atoms with Gasteiger partial charge in [-0.05, 0) is 30.7 Å². The first-order valence-electron chi connectivity index (χ1n) is 10.2. The summed E-state index contributed by atoms with van der Waals surface area (Å²) in [6.07, 6.45) is 1.03. The number of nitrogens with zero attached hydrogens (tertiary/aromatic N) is 1. The lowest BCUT2D eigenvalue weighted by molar-refractivity contribution is -0.146. The molecule has 0 fully saturated rings. The molecule has 1 rings (SSSR count). The molecule has 2 amide bonds. The highest BCUT2D eigenvalue weighted by atomic mass is 16.5. The van der Waals surface area contributed by atoms with Crippen LogP contribution in [-0.4, -0.2) is 55.5 Å². The van der Waals surface area contributed by atoms with Gasteiger partial charge in [0.25, 0.3) is 0 Å². The minimum absolute atomic E-state index is 0.0551. The van der Waals surface area contributed by atoms with Crippen molar-refractivity contribution in [2.75, 3.05) is 13.7 Å². The number of methoxy groups -OCH3 is 1. The number of guanidine groups is 1.